The van der Waals surface area contributed by atoms with Gasteiger partial charge in [-0.3, -0.25) is 4.79 Å². The SMILES string of the molecule is Cc1ccc(F)cc1COc1ccc(Br)cc1C=O. The fourth-order valence-corrected chi connectivity index (χ4v) is 2.07. The average molecular weight is 323 g/mol. The number of ether oxygens (including phenoxy) is 1. The number of hydrogen-bond acceptors (Lipinski definition) is 2. The van der Waals surface area contributed by atoms with Crippen molar-refractivity contribution in [2.45, 2.75) is 13.5 Å². The maximum Gasteiger partial charge on any atom is 0.153 e. The molecule has 0 spiro atoms. The number of rotatable bonds is 4. The van der Waals surface area contributed by atoms with Crippen molar-refractivity contribution in [3.63, 3.8) is 0 Å². The molecule has 0 aromatic heterocycles. The summed E-state index contributed by atoms with van der Waals surface area (Å²) in [7, 11) is 0. The predicted molar refractivity (Wildman–Crippen MR) is 75.0 cm³/mol. The Morgan fingerprint density at radius 3 is 2.79 bits per heavy atom. The Balaban J connectivity index is 2.18. The first-order valence-corrected chi connectivity index (χ1v) is 6.52. The van der Waals surface area contributed by atoms with Gasteiger partial charge in [0.05, 0.1) is 5.56 Å². The molecule has 4 heteroatoms. The summed E-state index contributed by atoms with van der Waals surface area (Å²) in [5.41, 5.74) is 2.18. The standard InChI is InChI=1S/C15H12BrFO2/c1-10-2-4-14(17)7-12(10)9-19-15-5-3-13(16)6-11(15)8-18/h2-8H,9H2,1H3. The highest BCUT2D eigenvalue weighted by molar-refractivity contribution is 9.10. The summed E-state index contributed by atoms with van der Waals surface area (Å²) in [5.74, 6) is 0.192. The zero-order chi connectivity index (χ0) is 13.8. The highest BCUT2D eigenvalue weighted by atomic mass is 79.9. The van der Waals surface area contributed by atoms with Gasteiger partial charge in [0.15, 0.2) is 6.29 Å². The van der Waals surface area contributed by atoms with Crippen LogP contribution in [0.4, 0.5) is 4.39 Å². The smallest absolute Gasteiger partial charge is 0.153 e. The average Bonchev–Trinajstić information content (AvgIpc) is 2.40. The van der Waals surface area contributed by atoms with Crippen LogP contribution in [-0.4, -0.2) is 6.29 Å². The van der Waals surface area contributed by atoms with E-state index in [-0.39, 0.29) is 12.4 Å². The van der Waals surface area contributed by atoms with Crippen molar-refractivity contribution in [3.8, 4) is 5.75 Å². The first-order valence-electron chi connectivity index (χ1n) is 5.72. The molecule has 0 saturated carbocycles. The van der Waals surface area contributed by atoms with Gasteiger partial charge >= 0.3 is 0 Å². The molecule has 0 aliphatic heterocycles. The van der Waals surface area contributed by atoms with Crippen LogP contribution in [0.5, 0.6) is 5.75 Å². The lowest BCUT2D eigenvalue weighted by atomic mass is 10.1. The number of halogens is 2. The van der Waals surface area contributed by atoms with Crippen LogP contribution < -0.4 is 4.74 Å². The van der Waals surface area contributed by atoms with E-state index in [1.165, 1.54) is 12.1 Å². The van der Waals surface area contributed by atoms with E-state index in [1.54, 1.807) is 24.3 Å². The van der Waals surface area contributed by atoms with E-state index in [2.05, 4.69) is 15.9 Å². The van der Waals surface area contributed by atoms with Crippen LogP contribution in [0.1, 0.15) is 21.5 Å². The van der Waals surface area contributed by atoms with Crippen molar-refractivity contribution in [2.24, 2.45) is 0 Å². The van der Waals surface area contributed by atoms with Gasteiger partial charge in [-0.15, -0.1) is 0 Å². The van der Waals surface area contributed by atoms with Gasteiger partial charge in [0, 0.05) is 4.47 Å². The fourth-order valence-electron chi connectivity index (χ4n) is 1.69. The number of carbonyl (C=O) groups excluding carboxylic acids is 1. The first kappa shape index (κ1) is 13.7. The first-order chi connectivity index (χ1) is 9.10. The molecule has 0 saturated heterocycles. The Bertz CT molecular complexity index is 611. The van der Waals surface area contributed by atoms with Crippen LogP contribution >= 0.6 is 15.9 Å². The molecule has 0 heterocycles. The highest BCUT2D eigenvalue weighted by Gasteiger charge is 2.06. The van der Waals surface area contributed by atoms with Gasteiger partial charge in [-0.1, -0.05) is 22.0 Å². The van der Waals surface area contributed by atoms with Gasteiger partial charge in [-0.05, 0) is 48.4 Å². The van der Waals surface area contributed by atoms with Crippen LogP contribution in [0, 0.1) is 12.7 Å². The summed E-state index contributed by atoms with van der Waals surface area (Å²) in [6, 6.07) is 9.74. The summed E-state index contributed by atoms with van der Waals surface area (Å²) in [6.07, 6.45) is 0.735. The van der Waals surface area contributed by atoms with Crippen molar-refractivity contribution in [1.82, 2.24) is 0 Å². The van der Waals surface area contributed by atoms with E-state index in [0.29, 0.717) is 11.3 Å². The quantitative estimate of drug-likeness (QED) is 0.785. The molecule has 0 aliphatic carbocycles. The Morgan fingerprint density at radius 2 is 2.05 bits per heavy atom. The Morgan fingerprint density at radius 1 is 1.26 bits per heavy atom. The third kappa shape index (κ3) is 3.41. The van der Waals surface area contributed by atoms with Crippen molar-refractivity contribution in [3.05, 3.63) is 63.4 Å². The van der Waals surface area contributed by atoms with Gasteiger partial charge in [0.1, 0.15) is 18.2 Å². The van der Waals surface area contributed by atoms with Crippen LogP contribution in [0.25, 0.3) is 0 Å². The molecule has 0 amide bonds. The van der Waals surface area contributed by atoms with E-state index in [9.17, 15) is 9.18 Å². The zero-order valence-corrected chi connectivity index (χ0v) is 11.9. The Kier molecular flexibility index (Phi) is 4.32. The van der Waals surface area contributed by atoms with Crippen LogP contribution in [0.2, 0.25) is 0 Å². The lowest BCUT2D eigenvalue weighted by Crippen LogP contribution is -2.00. The molecule has 2 nitrogen and oxygen atoms in total. The Hall–Kier alpha value is -1.68. The van der Waals surface area contributed by atoms with Crippen LogP contribution in [0.15, 0.2) is 40.9 Å². The third-order valence-corrected chi connectivity index (χ3v) is 3.29. The number of benzene rings is 2. The normalized spacial score (nSPS) is 10.3. The van der Waals surface area contributed by atoms with E-state index >= 15 is 0 Å². The van der Waals surface area contributed by atoms with Crippen LogP contribution in [0.3, 0.4) is 0 Å². The van der Waals surface area contributed by atoms with Crippen molar-refractivity contribution in [1.29, 1.82) is 0 Å². The van der Waals surface area contributed by atoms with E-state index in [1.807, 2.05) is 6.92 Å². The second kappa shape index (κ2) is 5.97. The minimum absolute atomic E-state index is 0.228. The number of hydrogen-bond donors (Lipinski definition) is 0. The van der Waals surface area contributed by atoms with E-state index in [0.717, 1.165) is 21.9 Å². The largest absolute Gasteiger partial charge is 0.488 e. The lowest BCUT2D eigenvalue weighted by molar-refractivity contribution is 0.111. The van der Waals surface area contributed by atoms with Crippen molar-refractivity contribution in [2.75, 3.05) is 0 Å². The second-order valence-corrected chi connectivity index (χ2v) is 5.08. The topological polar surface area (TPSA) is 26.3 Å². The highest BCUT2D eigenvalue weighted by Crippen LogP contribution is 2.23. The van der Waals surface area contributed by atoms with Crippen molar-refractivity contribution >= 4 is 22.2 Å². The van der Waals surface area contributed by atoms with Crippen molar-refractivity contribution < 1.29 is 13.9 Å². The molecule has 0 radical (unpaired) electrons. The predicted octanol–water partition coefficient (Wildman–Crippen LogP) is 4.29. The summed E-state index contributed by atoms with van der Waals surface area (Å²) >= 11 is 3.29. The zero-order valence-electron chi connectivity index (χ0n) is 10.3. The third-order valence-electron chi connectivity index (χ3n) is 2.79. The minimum Gasteiger partial charge on any atom is -0.488 e. The van der Waals surface area contributed by atoms with Gasteiger partial charge in [0.2, 0.25) is 0 Å². The molecule has 0 unspecified atom stereocenters. The lowest BCUT2D eigenvalue weighted by Gasteiger charge is -2.10. The molecule has 98 valence electrons. The maximum atomic E-state index is 13.2. The molecule has 0 bridgehead atoms. The fraction of sp³-hybridized carbons (Fsp3) is 0.133. The maximum absolute atomic E-state index is 13.2. The molecule has 2 rings (SSSR count). The molecule has 2 aromatic rings. The number of aldehydes is 1. The van der Waals surface area contributed by atoms with Gasteiger partial charge in [0.25, 0.3) is 0 Å². The summed E-state index contributed by atoms with van der Waals surface area (Å²) < 4.78 is 19.5. The van der Waals surface area contributed by atoms with Gasteiger partial charge in [-0.25, -0.2) is 4.39 Å². The molecule has 0 aliphatic rings. The molecular weight excluding hydrogens is 311 g/mol. The monoisotopic (exact) mass is 322 g/mol. The molecule has 0 fully saturated rings. The Labute approximate surface area is 119 Å². The van der Waals surface area contributed by atoms with Crippen LogP contribution in [-0.2, 0) is 6.61 Å². The molecule has 0 N–H and O–H groups in total. The van der Waals surface area contributed by atoms with E-state index < -0.39 is 0 Å². The molecule has 19 heavy (non-hydrogen) atoms. The molecular formula is C15H12BrFO2. The number of aryl methyl sites for hydroxylation is 1. The summed E-state index contributed by atoms with van der Waals surface area (Å²) in [6.45, 7) is 2.12. The second-order valence-electron chi connectivity index (χ2n) is 4.16. The summed E-state index contributed by atoms with van der Waals surface area (Å²) in [5, 5.41) is 0. The summed E-state index contributed by atoms with van der Waals surface area (Å²) in [4.78, 5) is 11.0. The van der Waals surface area contributed by atoms with Gasteiger partial charge < -0.3 is 4.74 Å². The molecule has 2 aromatic carbocycles. The minimum atomic E-state index is -0.296. The van der Waals surface area contributed by atoms with Gasteiger partial charge in [-0.2, -0.15) is 0 Å². The molecule has 0 atom stereocenters. The number of carbonyl (C=O) groups is 1. The van der Waals surface area contributed by atoms with E-state index in [4.69, 9.17) is 4.74 Å².